The van der Waals surface area contributed by atoms with Gasteiger partial charge in [-0.2, -0.15) is 10.2 Å². The van der Waals surface area contributed by atoms with Crippen molar-refractivity contribution in [3.8, 4) is 34.7 Å². The molecule has 32 heavy (non-hydrogen) atoms. The molecule has 1 aliphatic rings. The summed E-state index contributed by atoms with van der Waals surface area (Å²) >= 11 is 0. The Balaban J connectivity index is 1.65. The van der Waals surface area contributed by atoms with Gasteiger partial charge in [0.25, 0.3) is 5.89 Å². The van der Waals surface area contributed by atoms with E-state index in [4.69, 9.17) is 9.26 Å². The van der Waals surface area contributed by atoms with Gasteiger partial charge in [0.05, 0.1) is 17.7 Å². The third-order valence-electron chi connectivity index (χ3n) is 5.61. The summed E-state index contributed by atoms with van der Waals surface area (Å²) in [5, 5.41) is 22.8. The molecule has 164 valence electrons. The second-order valence-corrected chi connectivity index (χ2v) is 8.00. The van der Waals surface area contributed by atoms with Crippen LogP contribution in [0, 0.1) is 11.3 Å². The molecule has 1 unspecified atom stereocenters. The molecule has 0 fully saturated rings. The van der Waals surface area contributed by atoms with Gasteiger partial charge in [0.15, 0.2) is 0 Å². The highest BCUT2D eigenvalue weighted by Gasteiger charge is 2.31. The number of nitriles is 1. The van der Waals surface area contributed by atoms with Crippen LogP contribution >= 0.6 is 0 Å². The standard InChI is InChI=1S/C24H24N4O4/c1-14(2)31-21-10-7-15(11-16(21)12-25)24-26-23(27-32-24)19-6-4-5-18-17(19)8-9-20(18)28(3)22(30)13-29/h4-7,10-11,14,20,29H,8-9,13H2,1-3H3. The zero-order valence-corrected chi connectivity index (χ0v) is 18.2. The number of ether oxygens (including phenoxy) is 1. The monoisotopic (exact) mass is 432 g/mol. The van der Waals surface area contributed by atoms with E-state index in [1.54, 1.807) is 30.1 Å². The van der Waals surface area contributed by atoms with Crippen molar-refractivity contribution >= 4 is 5.91 Å². The Kier molecular flexibility index (Phi) is 5.93. The summed E-state index contributed by atoms with van der Waals surface area (Å²) in [6.07, 6.45) is 1.49. The van der Waals surface area contributed by atoms with Crippen LogP contribution in [-0.4, -0.2) is 45.8 Å². The number of carbonyl (C=O) groups is 1. The Morgan fingerprint density at radius 2 is 2.19 bits per heavy atom. The molecule has 1 amide bonds. The van der Waals surface area contributed by atoms with Gasteiger partial charge < -0.3 is 19.3 Å². The number of rotatable bonds is 6. The number of hydrogen-bond acceptors (Lipinski definition) is 7. The number of fused-ring (bicyclic) bond motifs is 1. The van der Waals surface area contributed by atoms with Crippen molar-refractivity contribution in [3.63, 3.8) is 0 Å². The molecule has 8 nitrogen and oxygen atoms in total. The van der Waals surface area contributed by atoms with Gasteiger partial charge in [-0.15, -0.1) is 0 Å². The van der Waals surface area contributed by atoms with Crippen molar-refractivity contribution in [1.29, 1.82) is 5.26 Å². The van der Waals surface area contributed by atoms with E-state index in [-0.39, 0.29) is 18.1 Å². The summed E-state index contributed by atoms with van der Waals surface area (Å²) in [5.41, 5.74) is 3.98. The molecular formula is C24H24N4O4. The number of amides is 1. The van der Waals surface area contributed by atoms with Crippen molar-refractivity contribution in [2.45, 2.75) is 38.8 Å². The molecule has 0 saturated heterocycles. The van der Waals surface area contributed by atoms with E-state index in [0.717, 1.165) is 29.5 Å². The maximum absolute atomic E-state index is 12.0. The van der Waals surface area contributed by atoms with E-state index in [1.807, 2.05) is 32.0 Å². The van der Waals surface area contributed by atoms with Crippen LogP contribution in [0.25, 0.3) is 22.8 Å². The van der Waals surface area contributed by atoms with Gasteiger partial charge in [-0.05, 0) is 56.0 Å². The summed E-state index contributed by atoms with van der Waals surface area (Å²) < 4.78 is 11.2. The van der Waals surface area contributed by atoms with Gasteiger partial charge in [0.2, 0.25) is 11.7 Å². The molecule has 1 atom stereocenters. The van der Waals surface area contributed by atoms with E-state index < -0.39 is 6.61 Å². The van der Waals surface area contributed by atoms with Crippen molar-refractivity contribution in [3.05, 3.63) is 53.1 Å². The SMILES string of the molecule is CC(C)Oc1ccc(-c2nc(-c3cccc4c3CCC4N(C)C(=O)CO)no2)cc1C#N. The van der Waals surface area contributed by atoms with Crippen LogP contribution in [0.5, 0.6) is 5.75 Å². The largest absolute Gasteiger partial charge is 0.490 e. The number of benzene rings is 2. The maximum atomic E-state index is 12.0. The summed E-state index contributed by atoms with van der Waals surface area (Å²) in [4.78, 5) is 18.1. The molecule has 2 aromatic carbocycles. The molecule has 0 spiro atoms. The maximum Gasteiger partial charge on any atom is 0.258 e. The highest BCUT2D eigenvalue weighted by Crippen LogP contribution is 2.40. The second kappa shape index (κ2) is 8.81. The van der Waals surface area contributed by atoms with E-state index in [1.165, 1.54) is 0 Å². The molecular weight excluding hydrogens is 408 g/mol. The van der Waals surface area contributed by atoms with Crippen molar-refractivity contribution < 1.29 is 19.2 Å². The Bertz CT molecular complexity index is 1190. The average Bonchev–Trinajstić information content (AvgIpc) is 3.45. The minimum absolute atomic E-state index is 0.0429. The Morgan fingerprint density at radius 3 is 2.91 bits per heavy atom. The molecule has 1 aliphatic carbocycles. The fraction of sp³-hybridized carbons (Fsp3) is 0.333. The summed E-state index contributed by atoms with van der Waals surface area (Å²) in [7, 11) is 1.71. The van der Waals surface area contributed by atoms with E-state index in [2.05, 4.69) is 16.2 Å². The number of carbonyl (C=O) groups excluding carboxylic acids is 1. The predicted octanol–water partition coefficient (Wildman–Crippen LogP) is 3.50. The van der Waals surface area contributed by atoms with E-state index in [0.29, 0.717) is 28.6 Å². The quantitative estimate of drug-likeness (QED) is 0.634. The second-order valence-electron chi connectivity index (χ2n) is 8.00. The lowest BCUT2D eigenvalue weighted by Gasteiger charge is -2.24. The lowest BCUT2D eigenvalue weighted by atomic mass is 10.0. The topological polar surface area (TPSA) is 112 Å². The van der Waals surface area contributed by atoms with Crippen LogP contribution < -0.4 is 4.74 Å². The fourth-order valence-corrected chi connectivity index (χ4v) is 4.09. The zero-order chi connectivity index (χ0) is 22.8. The fourth-order valence-electron chi connectivity index (χ4n) is 4.09. The Morgan fingerprint density at radius 1 is 1.38 bits per heavy atom. The van der Waals surface area contributed by atoms with Gasteiger partial charge in [-0.25, -0.2) is 0 Å². The zero-order valence-electron chi connectivity index (χ0n) is 18.2. The Hall–Kier alpha value is -3.70. The van der Waals surface area contributed by atoms with Crippen LogP contribution in [-0.2, 0) is 11.2 Å². The molecule has 4 rings (SSSR count). The third-order valence-corrected chi connectivity index (χ3v) is 5.61. The summed E-state index contributed by atoms with van der Waals surface area (Å²) in [5.74, 6) is 0.967. The minimum Gasteiger partial charge on any atom is -0.490 e. The molecule has 1 N–H and O–H groups in total. The van der Waals surface area contributed by atoms with Gasteiger partial charge in [-0.3, -0.25) is 4.79 Å². The number of likely N-dealkylation sites (N-methyl/N-ethyl adjacent to an activating group) is 1. The highest BCUT2D eigenvalue weighted by molar-refractivity contribution is 5.78. The third kappa shape index (κ3) is 3.95. The molecule has 3 aromatic rings. The lowest BCUT2D eigenvalue weighted by Crippen LogP contribution is -2.32. The minimum atomic E-state index is -0.512. The number of aromatic nitrogens is 2. The van der Waals surface area contributed by atoms with Gasteiger partial charge in [-0.1, -0.05) is 23.4 Å². The number of aliphatic hydroxyl groups is 1. The summed E-state index contributed by atoms with van der Waals surface area (Å²) in [6, 6.07) is 13.1. The van der Waals surface area contributed by atoms with Crippen LogP contribution in [0.2, 0.25) is 0 Å². The first-order valence-corrected chi connectivity index (χ1v) is 10.5. The van der Waals surface area contributed by atoms with Crippen LogP contribution in [0.4, 0.5) is 0 Å². The average molecular weight is 432 g/mol. The van der Waals surface area contributed by atoms with Gasteiger partial charge in [0.1, 0.15) is 18.4 Å². The van der Waals surface area contributed by atoms with Crippen molar-refractivity contribution in [2.75, 3.05) is 13.7 Å². The number of hydrogen-bond donors (Lipinski definition) is 1. The predicted molar refractivity (Wildman–Crippen MR) is 117 cm³/mol. The lowest BCUT2D eigenvalue weighted by molar-refractivity contribution is -0.135. The van der Waals surface area contributed by atoms with E-state index >= 15 is 0 Å². The first-order valence-electron chi connectivity index (χ1n) is 10.5. The first kappa shape index (κ1) is 21.5. The molecule has 0 aliphatic heterocycles. The van der Waals surface area contributed by atoms with Crippen LogP contribution in [0.1, 0.15) is 43.0 Å². The number of nitrogens with zero attached hydrogens (tertiary/aromatic N) is 4. The summed E-state index contributed by atoms with van der Waals surface area (Å²) in [6.45, 7) is 3.29. The van der Waals surface area contributed by atoms with E-state index in [9.17, 15) is 15.2 Å². The Labute approximate surface area is 186 Å². The van der Waals surface area contributed by atoms with Crippen LogP contribution in [0.15, 0.2) is 40.9 Å². The van der Waals surface area contributed by atoms with Crippen molar-refractivity contribution in [1.82, 2.24) is 15.0 Å². The number of aliphatic hydroxyl groups excluding tert-OH is 1. The smallest absolute Gasteiger partial charge is 0.258 e. The van der Waals surface area contributed by atoms with Gasteiger partial charge >= 0.3 is 0 Å². The molecule has 0 radical (unpaired) electrons. The van der Waals surface area contributed by atoms with Crippen LogP contribution in [0.3, 0.4) is 0 Å². The highest BCUT2D eigenvalue weighted by atomic mass is 16.5. The van der Waals surface area contributed by atoms with Gasteiger partial charge in [0, 0.05) is 18.2 Å². The molecule has 0 saturated carbocycles. The molecule has 8 heteroatoms. The molecule has 0 bridgehead atoms. The van der Waals surface area contributed by atoms with Crippen molar-refractivity contribution in [2.24, 2.45) is 0 Å². The molecule has 1 heterocycles. The molecule has 1 aromatic heterocycles. The normalized spacial score (nSPS) is 14.8. The first-order chi connectivity index (χ1) is 15.4.